The van der Waals surface area contributed by atoms with Crippen molar-refractivity contribution in [3.63, 3.8) is 0 Å². The van der Waals surface area contributed by atoms with Gasteiger partial charge in [-0.15, -0.1) is 0 Å². The van der Waals surface area contributed by atoms with Crippen LogP contribution in [0.4, 0.5) is 0 Å². The first-order valence-electron chi connectivity index (χ1n) is 4.27. The van der Waals surface area contributed by atoms with E-state index in [2.05, 4.69) is 5.32 Å². The highest BCUT2D eigenvalue weighted by Crippen LogP contribution is 2.20. The summed E-state index contributed by atoms with van der Waals surface area (Å²) in [6, 6.07) is -0.542. The van der Waals surface area contributed by atoms with Gasteiger partial charge in [-0.2, -0.15) is 0 Å². The number of hydrogen-bond acceptors (Lipinski definition) is 3. The number of nitrogens with two attached hydrogens (primary N) is 1. The van der Waals surface area contributed by atoms with Crippen LogP contribution in [0.2, 0.25) is 0 Å². The van der Waals surface area contributed by atoms with Crippen molar-refractivity contribution < 1.29 is 4.79 Å². The van der Waals surface area contributed by atoms with Crippen molar-refractivity contribution in [1.29, 1.82) is 0 Å². The molecule has 12 heavy (non-hydrogen) atoms. The first kappa shape index (κ1) is 11.6. The minimum Gasteiger partial charge on any atom is -0.322 e. The van der Waals surface area contributed by atoms with Crippen molar-refractivity contribution in [2.45, 2.75) is 39.8 Å². The molecule has 0 aliphatic carbocycles. The summed E-state index contributed by atoms with van der Waals surface area (Å²) in [7, 11) is 1.79. The van der Waals surface area contributed by atoms with Gasteiger partial charge < -0.3 is 11.1 Å². The van der Waals surface area contributed by atoms with Crippen molar-refractivity contribution in [2.24, 2.45) is 11.1 Å². The van der Waals surface area contributed by atoms with Gasteiger partial charge in [-0.25, -0.2) is 0 Å². The number of hydrogen-bond donors (Lipinski definition) is 2. The Morgan fingerprint density at radius 1 is 1.42 bits per heavy atom. The van der Waals surface area contributed by atoms with Gasteiger partial charge in [0.1, 0.15) is 0 Å². The molecule has 0 amide bonds. The minimum atomic E-state index is -0.387. The van der Waals surface area contributed by atoms with E-state index >= 15 is 0 Å². The van der Waals surface area contributed by atoms with Crippen LogP contribution in [0.3, 0.4) is 0 Å². The molecule has 0 bridgehead atoms. The lowest BCUT2D eigenvalue weighted by molar-refractivity contribution is -0.124. The summed E-state index contributed by atoms with van der Waals surface area (Å²) < 4.78 is 0. The van der Waals surface area contributed by atoms with E-state index < -0.39 is 0 Å². The lowest BCUT2D eigenvalue weighted by atomic mass is 9.82. The summed E-state index contributed by atoms with van der Waals surface area (Å²) in [5, 5.41) is 2.99. The van der Waals surface area contributed by atoms with Crippen molar-refractivity contribution in [3.05, 3.63) is 0 Å². The van der Waals surface area contributed by atoms with Crippen molar-refractivity contribution in [3.8, 4) is 0 Å². The molecule has 0 aromatic heterocycles. The summed E-state index contributed by atoms with van der Waals surface area (Å²) in [6.07, 6.45) is 0. The number of nitrogens with one attached hydrogen (secondary N) is 1. The van der Waals surface area contributed by atoms with E-state index in [1.54, 1.807) is 14.0 Å². The molecular formula is C9H20N2O. The molecule has 0 spiro atoms. The smallest absolute Gasteiger partial charge is 0.166 e. The van der Waals surface area contributed by atoms with Gasteiger partial charge in [-0.3, -0.25) is 4.79 Å². The summed E-state index contributed by atoms with van der Waals surface area (Å²) in [5.41, 5.74) is 5.45. The maximum Gasteiger partial charge on any atom is 0.166 e. The average Bonchev–Trinajstić information content (AvgIpc) is 1.85. The first-order valence-corrected chi connectivity index (χ1v) is 4.27. The van der Waals surface area contributed by atoms with E-state index in [-0.39, 0.29) is 23.3 Å². The average molecular weight is 172 g/mol. The fourth-order valence-corrected chi connectivity index (χ4v) is 1.26. The lowest BCUT2D eigenvalue weighted by Crippen LogP contribution is -2.50. The number of rotatable bonds is 3. The first-order chi connectivity index (χ1) is 5.30. The molecule has 0 aromatic carbocycles. The standard InChI is InChI=1S/C9H20N2O/c1-6(10)7(12)8(11-5)9(2,3)4/h6,8,11H,10H2,1-5H3. The number of carbonyl (C=O) groups excluding carboxylic acids is 1. The Morgan fingerprint density at radius 2 is 1.83 bits per heavy atom. The number of ketones is 1. The van der Waals surface area contributed by atoms with Gasteiger partial charge in [-0.1, -0.05) is 20.8 Å². The largest absolute Gasteiger partial charge is 0.322 e. The van der Waals surface area contributed by atoms with Crippen LogP contribution in [-0.2, 0) is 4.79 Å². The van der Waals surface area contributed by atoms with Crippen LogP contribution in [-0.4, -0.2) is 24.9 Å². The summed E-state index contributed by atoms with van der Waals surface area (Å²) in [4.78, 5) is 11.5. The van der Waals surface area contributed by atoms with Crippen LogP contribution in [0, 0.1) is 5.41 Å². The van der Waals surface area contributed by atoms with E-state index in [0.717, 1.165) is 0 Å². The van der Waals surface area contributed by atoms with Crippen LogP contribution in [0.5, 0.6) is 0 Å². The quantitative estimate of drug-likeness (QED) is 0.653. The monoisotopic (exact) mass is 172 g/mol. The van der Waals surface area contributed by atoms with Crippen molar-refractivity contribution >= 4 is 5.78 Å². The highest BCUT2D eigenvalue weighted by molar-refractivity contribution is 5.89. The third-order valence-corrected chi connectivity index (χ3v) is 1.89. The molecule has 0 rings (SSSR count). The molecule has 3 heteroatoms. The molecule has 0 fully saturated rings. The van der Waals surface area contributed by atoms with Gasteiger partial charge in [0, 0.05) is 0 Å². The van der Waals surface area contributed by atoms with E-state index in [1.807, 2.05) is 20.8 Å². The molecule has 0 saturated heterocycles. The summed E-state index contributed by atoms with van der Waals surface area (Å²) in [6.45, 7) is 7.79. The van der Waals surface area contributed by atoms with Crippen LogP contribution in [0.1, 0.15) is 27.7 Å². The summed E-state index contributed by atoms with van der Waals surface area (Å²) in [5.74, 6) is 0.0741. The van der Waals surface area contributed by atoms with Crippen LogP contribution >= 0.6 is 0 Å². The Hall–Kier alpha value is -0.410. The van der Waals surface area contributed by atoms with Gasteiger partial charge in [0.15, 0.2) is 5.78 Å². The Kier molecular flexibility index (Phi) is 3.87. The van der Waals surface area contributed by atoms with Gasteiger partial charge in [0.05, 0.1) is 12.1 Å². The Morgan fingerprint density at radius 3 is 1.92 bits per heavy atom. The van der Waals surface area contributed by atoms with E-state index in [1.165, 1.54) is 0 Å². The SMILES string of the molecule is CNC(C(=O)C(C)N)C(C)(C)C. The Balaban J connectivity index is 4.47. The fourth-order valence-electron chi connectivity index (χ4n) is 1.26. The molecule has 0 aliphatic heterocycles. The van der Waals surface area contributed by atoms with Gasteiger partial charge >= 0.3 is 0 Å². The fraction of sp³-hybridized carbons (Fsp3) is 0.889. The second-order valence-corrected chi connectivity index (χ2v) is 4.28. The molecule has 3 N–H and O–H groups in total. The number of likely N-dealkylation sites (N-methyl/N-ethyl adjacent to an activating group) is 1. The maximum atomic E-state index is 11.5. The second-order valence-electron chi connectivity index (χ2n) is 4.28. The predicted octanol–water partition coefficient (Wildman–Crippen LogP) is 0.537. The molecule has 72 valence electrons. The molecule has 0 radical (unpaired) electrons. The lowest BCUT2D eigenvalue weighted by Gasteiger charge is -2.30. The van der Waals surface area contributed by atoms with Crippen LogP contribution < -0.4 is 11.1 Å². The van der Waals surface area contributed by atoms with Gasteiger partial charge in [-0.05, 0) is 19.4 Å². The van der Waals surface area contributed by atoms with Crippen molar-refractivity contribution in [2.75, 3.05) is 7.05 Å². The molecule has 0 heterocycles. The zero-order valence-corrected chi connectivity index (χ0v) is 8.64. The molecule has 3 nitrogen and oxygen atoms in total. The Bertz CT molecular complexity index is 158. The van der Waals surface area contributed by atoms with Gasteiger partial charge in [0.25, 0.3) is 0 Å². The highest BCUT2D eigenvalue weighted by atomic mass is 16.1. The third kappa shape index (κ3) is 2.91. The third-order valence-electron chi connectivity index (χ3n) is 1.89. The van der Waals surface area contributed by atoms with E-state index in [4.69, 9.17) is 5.73 Å². The summed E-state index contributed by atoms with van der Waals surface area (Å²) >= 11 is 0. The molecule has 2 unspecified atom stereocenters. The highest BCUT2D eigenvalue weighted by Gasteiger charge is 2.30. The topological polar surface area (TPSA) is 55.1 Å². The van der Waals surface area contributed by atoms with Crippen molar-refractivity contribution in [1.82, 2.24) is 5.32 Å². The molecule has 0 aliphatic rings. The van der Waals surface area contributed by atoms with E-state index in [9.17, 15) is 4.79 Å². The zero-order chi connectivity index (χ0) is 9.94. The van der Waals surface area contributed by atoms with Crippen LogP contribution in [0.25, 0.3) is 0 Å². The second kappa shape index (κ2) is 4.01. The number of carbonyl (C=O) groups is 1. The van der Waals surface area contributed by atoms with Crippen LogP contribution in [0.15, 0.2) is 0 Å². The molecule has 2 atom stereocenters. The maximum absolute atomic E-state index is 11.5. The predicted molar refractivity (Wildman–Crippen MR) is 51.0 cm³/mol. The number of Topliss-reactive ketones (excluding diaryl/α,β-unsaturated/α-hetero) is 1. The molecule has 0 aromatic rings. The van der Waals surface area contributed by atoms with Gasteiger partial charge in [0.2, 0.25) is 0 Å². The zero-order valence-electron chi connectivity index (χ0n) is 8.64. The van der Waals surface area contributed by atoms with E-state index in [0.29, 0.717) is 0 Å². The molecular weight excluding hydrogens is 152 g/mol. The molecule has 0 saturated carbocycles. The minimum absolute atomic E-state index is 0.0700. The normalized spacial score (nSPS) is 17.2. The Labute approximate surface area is 74.7 Å².